The number of carbonyl (C=O) groups excluding carboxylic acids is 1. The summed E-state index contributed by atoms with van der Waals surface area (Å²) >= 11 is 5.55. The first-order valence-corrected chi connectivity index (χ1v) is 7.38. The Bertz CT molecular complexity index is 619. The number of aromatic amines is 1. The fraction of sp³-hybridized carbons (Fsp3) is 0.400. The molecule has 0 spiro atoms. The maximum atomic E-state index is 11.6. The van der Waals surface area contributed by atoms with Gasteiger partial charge in [0.15, 0.2) is 6.07 Å². The Hall–Kier alpha value is -1.68. The number of rotatable bonds is 6. The normalized spacial score (nSPS) is 14.4. The summed E-state index contributed by atoms with van der Waals surface area (Å²) in [6.45, 7) is 0.683. The lowest BCUT2D eigenvalue weighted by Crippen LogP contribution is -2.26. The van der Waals surface area contributed by atoms with E-state index in [0.717, 1.165) is 35.9 Å². The maximum Gasteiger partial charge on any atom is 0.223 e. The highest BCUT2D eigenvalue weighted by Crippen LogP contribution is 2.28. The molecule has 1 fully saturated rings. The first-order valence-electron chi connectivity index (χ1n) is 6.84. The monoisotopic (exact) mass is 292 g/mol. The van der Waals surface area contributed by atoms with Gasteiger partial charge in [-0.1, -0.05) is 11.6 Å². The van der Waals surface area contributed by atoms with Crippen molar-refractivity contribution in [1.29, 1.82) is 0 Å². The molecule has 0 atom stereocenters. The zero-order valence-corrected chi connectivity index (χ0v) is 11.9. The quantitative estimate of drug-likeness (QED) is 0.805. The smallest absolute Gasteiger partial charge is 0.223 e. The van der Waals surface area contributed by atoms with Crippen molar-refractivity contribution in [2.45, 2.75) is 19.3 Å². The van der Waals surface area contributed by atoms with Crippen molar-refractivity contribution in [3.63, 3.8) is 0 Å². The number of halogens is 1. The van der Waals surface area contributed by atoms with Crippen LogP contribution in [0.1, 0.15) is 18.4 Å². The van der Waals surface area contributed by atoms with Gasteiger partial charge in [-0.3, -0.25) is 4.79 Å². The summed E-state index contributed by atoms with van der Waals surface area (Å²) in [6, 6.07) is 6.01. The molecule has 1 aromatic carbocycles. The van der Waals surface area contributed by atoms with E-state index in [9.17, 15) is 4.79 Å². The van der Waals surface area contributed by atoms with Gasteiger partial charge in [0, 0.05) is 35.6 Å². The van der Waals surface area contributed by atoms with Gasteiger partial charge >= 0.3 is 0 Å². The molecule has 3 rings (SSSR count). The molecule has 1 saturated carbocycles. The standard InChI is InChI=1S/C15H17ClN2O2/c16-9-20-12-3-4-13-11(8-18-14(13)7-12)5-6-17-15(19)10-1-2-10/h3-4,7-8,10,18H,1-2,5-6,9H2,(H,17,19). The van der Waals surface area contributed by atoms with Crippen LogP contribution in [0, 0.1) is 5.92 Å². The SMILES string of the molecule is O=C(NCCc1c[nH]c2cc(OCCl)ccc12)C1CC1. The van der Waals surface area contributed by atoms with Crippen LogP contribution in [0.3, 0.4) is 0 Å². The summed E-state index contributed by atoms with van der Waals surface area (Å²) in [5, 5.41) is 4.14. The lowest BCUT2D eigenvalue weighted by molar-refractivity contribution is -0.122. The molecule has 4 nitrogen and oxygen atoms in total. The Kier molecular flexibility index (Phi) is 3.83. The van der Waals surface area contributed by atoms with E-state index in [-0.39, 0.29) is 17.9 Å². The van der Waals surface area contributed by atoms with E-state index >= 15 is 0 Å². The van der Waals surface area contributed by atoms with Crippen molar-refractivity contribution in [3.8, 4) is 5.75 Å². The highest BCUT2D eigenvalue weighted by atomic mass is 35.5. The molecule has 0 saturated heterocycles. The minimum Gasteiger partial charge on any atom is -0.478 e. The Morgan fingerprint density at radius 3 is 3.05 bits per heavy atom. The van der Waals surface area contributed by atoms with E-state index < -0.39 is 0 Å². The molecule has 0 aliphatic heterocycles. The number of amides is 1. The van der Waals surface area contributed by atoms with Crippen LogP contribution in [-0.2, 0) is 11.2 Å². The van der Waals surface area contributed by atoms with Crippen molar-refractivity contribution in [3.05, 3.63) is 30.0 Å². The summed E-state index contributed by atoms with van der Waals surface area (Å²) in [5.74, 6) is 1.22. The third-order valence-electron chi connectivity index (χ3n) is 3.60. The van der Waals surface area contributed by atoms with E-state index in [1.807, 2.05) is 24.4 Å². The van der Waals surface area contributed by atoms with Gasteiger partial charge in [-0.25, -0.2) is 0 Å². The number of carbonyl (C=O) groups is 1. The molecule has 20 heavy (non-hydrogen) atoms. The number of alkyl halides is 1. The van der Waals surface area contributed by atoms with Gasteiger partial charge in [-0.2, -0.15) is 0 Å². The predicted octanol–water partition coefficient (Wildman–Crippen LogP) is 2.81. The molecule has 5 heteroatoms. The number of nitrogens with one attached hydrogen (secondary N) is 2. The van der Waals surface area contributed by atoms with Gasteiger partial charge in [0.1, 0.15) is 5.75 Å². The molecule has 1 amide bonds. The van der Waals surface area contributed by atoms with Crippen LogP contribution in [0.5, 0.6) is 5.75 Å². The van der Waals surface area contributed by atoms with Crippen LogP contribution in [0.15, 0.2) is 24.4 Å². The van der Waals surface area contributed by atoms with Crippen LogP contribution in [-0.4, -0.2) is 23.5 Å². The lowest BCUT2D eigenvalue weighted by atomic mass is 10.1. The number of fused-ring (bicyclic) bond motifs is 1. The van der Waals surface area contributed by atoms with Crippen LogP contribution in [0.2, 0.25) is 0 Å². The largest absolute Gasteiger partial charge is 0.478 e. The van der Waals surface area contributed by atoms with Gasteiger partial charge in [-0.05, 0) is 37.0 Å². The highest BCUT2D eigenvalue weighted by Gasteiger charge is 2.29. The van der Waals surface area contributed by atoms with Crippen LogP contribution < -0.4 is 10.1 Å². The van der Waals surface area contributed by atoms with E-state index in [1.165, 1.54) is 5.56 Å². The summed E-state index contributed by atoms with van der Waals surface area (Å²) in [6.07, 6.45) is 4.90. The molecular weight excluding hydrogens is 276 g/mol. The average Bonchev–Trinajstić information content (AvgIpc) is 3.22. The molecule has 2 aromatic rings. The molecule has 2 N–H and O–H groups in total. The Balaban J connectivity index is 1.64. The molecule has 0 bridgehead atoms. The van der Waals surface area contributed by atoms with Crippen molar-refractivity contribution in [2.75, 3.05) is 12.6 Å². The Morgan fingerprint density at radius 2 is 2.30 bits per heavy atom. The zero-order chi connectivity index (χ0) is 13.9. The molecule has 106 valence electrons. The molecule has 0 unspecified atom stereocenters. The molecule has 1 aliphatic rings. The van der Waals surface area contributed by atoms with Crippen LogP contribution in [0.25, 0.3) is 10.9 Å². The van der Waals surface area contributed by atoms with Gasteiger partial charge in [0.25, 0.3) is 0 Å². The lowest BCUT2D eigenvalue weighted by Gasteiger charge is -2.04. The summed E-state index contributed by atoms with van der Waals surface area (Å²) in [4.78, 5) is 14.8. The zero-order valence-electron chi connectivity index (χ0n) is 11.1. The molecule has 1 aliphatic carbocycles. The topological polar surface area (TPSA) is 54.1 Å². The Morgan fingerprint density at radius 1 is 1.45 bits per heavy atom. The second kappa shape index (κ2) is 5.75. The highest BCUT2D eigenvalue weighted by molar-refractivity contribution is 6.17. The number of ether oxygens (including phenoxy) is 1. The van der Waals surface area contributed by atoms with Gasteiger partial charge in [0.2, 0.25) is 5.91 Å². The fourth-order valence-corrected chi connectivity index (χ4v) is 2.46. The third kappa shape index (κ3) is 2.90. The fourth-order valence-electron chi connectivity index (χ4n) is 2.34. The molecular formula is C15H17ClN2O2. The van der Waals surface area contributed by atoms with Gasteiger partial charge < -0.3 is 15.0 Å². The molecule has 0 radical (unpaired) electrons. The van der Waals surface area contributed by atoms with E-state index in [2.05, 4.69) is 10.3 Å². The number of aromatic nitrogens is 1. The van der Waals surface area contributed by atoms with Crippen LogP contribution >= 0.6 is 11.6 Å². The van der Waals surface area contributed by atoms with Gasteiger partial charge in [0.05, 0.1) is 0 Å². The summed E-state index contributed by atoms with van der Waals surface area (Å²) < 4.78 is 5.26. The first kappa shape index (κ1) is 13.3. The van der Waals surface area contributed by atoms with E-state index in [1.54, 1.807) is 0 Å². The summed E-state index contributed by atoms with van der Waals surface area (Å²) in [5.41, 5.74) is 2.23. The molecule has 1 aromatic heterocycles. The van der Waals surface area contributed by atoms with E-state index in [0.29, 0.717) is 6.54 Å². The van der Waals surface area contributed by atoms with Crippen molar-refractivity contribution in [2.24, 2.45) is 5.92 Å². The number of H-pyrrole nitrogens is 1. The van der Waals surface area contributed by atoms with Gasteiger partial charge in [-0.15, -0.1) is 0 Å². The van der Waals surface area contributed by atoms with Crippen LogP contribution in [0.4, 0.5) is 0 Å². The van der Waals surface area contributed by atoms with E-state index in [4.69, 9.17) is 16.3 Å². The Labute approximate surface area is 122 Å². The second-order valence-corrected chi connectivity index (χ2v) is 5.31. The number of hydrogen-bond donors (Lipinski definition) is 2. The maximum absolute atomic E-state index is 11.6. The average molecular weight is 293 g/mol. The first-order chi connectivity index (χ1) is 9.78. The predicted molar refractivity (Wildman–Crippen MR) is 79.1 cm³/mol. The number of hydrogen-bond acceptors (Lipinski definition) is 2. The third-order valence-corrected chi connectivity index (χ3v) is 3.71. The number of benzene rings is 1. The van der Waals surface area contributed by atoms with Crippen molar-refractivity contribution < 1.29 is 9.53 Å². The van der Waals surface area contributed by atoms with Crippen molar-refractivity contribution >= 4 is 28.4 Å². The second-order valence-electron chi connectivity index (χ2n) is 5.09. The molecule has 1 heterocycles. The minimum atomic E-state index is 0.145. The van der Waals surface area contributed by atoms with Crippen molar-refractivity contribution in [1.82, 2.24) is 10.3 Å². The summed E-state index contributed by atoms with van der Waals surface area (Å²) in [7, 11) is 0. The minimum absolute atomic E-state index is 0.145.